The van der Waals surface area contributed by atoms with Crippen LogP contribution in [-0.4, -0.2) is 59.2 Å². The molecule has 0 atom stereocenters. The van der Waals surface area contributed by atoms with E-state index in [0.717, 1.165) is 0 Å². The van der Waals surface area contributed by atoms with E-state index in [-0.39, 0.29) is 0 Å². The van der Waals surface area contributed by atoms with Gasteiger partial charge in [0.15, 0.2) is 0 Å². The Kier molecular flexibility index (Phi) is 17.7. The highest BCUT2D eigenvalue weighted by Crippen LogP contribution is 2.31. The Morgan fingerprint density at radius 1 is 1.00 bits per heavy atom. The summed E-state index contributed by atoms with van der Waals surface area (Å²) in [5.74, 6) is -1.14. The maximum atomic E-state index is 10.1. The molecule has 23 heavy (non-hydrogen) atoms. The third-order valence-corrected chi connectivity index (χ3v) is 3.69. The molecular weight excluding hydrogens is 319 g/mol. The fourth-order valence-corrected chi connectivity index (χ4v) is 2.27. The van der Waals surface area contributed by atoms with Gasteiger partial charge in [0.1, 0.15) is 0 Å². The second kappa shape index (κ2) is 16.4. The molecule has 0 aromatic heterocycles. The van der Waals surface area contributed by atoms with E-state index in [2.05, 4.69) is 31.2 Å². The molecule has 0 aromatic rings. The normalized spacial score (nSPS) is 11.2. The molecule has 0 aliphatic carbocycles. The summed E-state index contributed by atoms with van der Waals surface area (Å²) in [5, 5.41) is 10.1. The highest BCUT2D eigenvalue weighted by molar-refractivity contribution is 7.51. The molecule has 0 radical (unpaired) electrons. The summed E-state index contributed by atoms with van der Waals surface area (Å²) in [6.07, 6.45) is 10.8. The van der Waals surface area contributed by atoms with Crippen LogP contribution in [0.3, 0.4) is 0 Å². The van der Waals surface area contributed by atoms with E-state index in [0.29, 0.717) is 0 Å². The SMILES string of the molecule is CCCCCCCCCCN(C)C.O=C(O)CNCP(=O)(O)O. The molecule has 7 nitrogen and oxygen atoms in total. The monoisotopic (exact) mass is 354 g/mol. The molecule has 0 unspecified atom stereocenters. The van der Waals surface area contributed by atoms with E-state index in [1.807, 2.05) is 0 Å². The third-order valence-electron chi connectivity index (χ3n) is 3.05. The van der Waals surface area contributed by atoms with E-state index in [4.69, 9.17) is 14.9 Å². The maximum absolute atomic E-state index is 10.1. The van der Waals surface area contributed by atoms with Crippen LogP contribution >= 0.6 is 7.60 Å². The smallest absolute Gasteiger partial charge is 0.339 e. The molecule has 0 fully saturated rings. The first-order chi connectivity index (χ1) is 10.7. The predicted molar refractivity (Wildman–Crippen MR) is 93.7 cm³/mol. The summed E-state index contributed by atoms with van der Waals surface area (Å²) < 4.78 is 10.1. The van der Waals surface area contributed by atoms with Crippen molar-refractivity contribution in [1.29, 1.82) is 0 Å². The maximum Gasteiger partial charge on any atom is 0.339 e. The molecule has 0 amide bonds. The number of carbonyl (C=O) groups is 1. The Bertz CT molecular complexity index is 321. The second-order valence-electron chi connectivity index (χ2n) is 5.92. The molecule has 0 spiro atoms. The molecule has 0 rings (SSSR count). The lowest BCUT2D eigenvalue weighted by atomic mass is 10.1. The van der Waals surface area contributed by atoms with Crippen molar-refractivity contribution in [1.82, 2.24) is 10.2 Å². The number of hydrogen-bond donors (Lipinski definition) is 4. The van der Waals surface area contributed by atoms with Gasteiger partial charge in [0.05, 0.1) is 12.8 Å². The molecule has 4 N–H and O–H groups in total. The van der Waals surface area contributed by atoms with Crippen molar-refractivity contribution in [2.75, 3.05) is 33.5 Å². The van der Waals surface area contributed by atoms with Crippen LogP contribution in [0.4, 0.5) is 0 Å². The average Bonchev–Trinajstić information content (AvgIpc) is 2.40. The van der Waals surface area contributed by atoms with E-state index in [1.54, 1.807) is 0 Å². The van der Waals surface area contributed by atoms with Crippen LogP contribution in [0.2, 0.25) is 0 Å². The minimum Gasteiger partial charge on any atom is -0.480 e. The number of carboxylic acids is 1. The van der Waals surface area contributed by atoms with E-state index >= 15 is 0 Å². The zero-order chi connectivity index (χ0) is 18.1. The molecule has 0 aromatic carbocycles. The number of hydrogen-bond acceptors (Lipinski definition) is 4. The van der Waals surface area contributed by atoms with E-state index < -0.39 is 26.4 Å². The lowest BCUT2D eigenvalue weighted by Crippen LogP contribution is -2.23. The first-order valence-corrected chi connectivity index (χ1v) is 10.1. The fraction of sp³-hybridized carbons (Fsp3) is 0.933. The summed E-state index contributed by atoms with van der Waals surface area (Å²) in [7, 11) is 0.212. The highest BCUT2D eigenvalue weighted by Gasteiger charge is 2.11. The van der Waals surface area contributed by atoms with Crippen LogP contribution in [0.15, 0.2) is 0 Å². The van der Waals surface area contributed by atoms with Crippen LogP contribution in [0, 0.1) is 0 Å². The predicted octanol–water partition coefficient (Wildman–Crippen LogP) is 2.48. The number of rotatable bonds is 13. The summed E-state index contributed by atoms with van der Waals surface area (Å²) >= 11 is 0. The van der Waals surface area contributed by atoms with Crippen molar-refractivity contribution in [2.24, 2.45) is 0 Å². The number of unbranched alkanes of at least 4 members (excludes halogenated alkanes) is 7. The van der Waals surface area contributed by atoms with Crippen molar-refractivity contribution >= 4 is 13.6 Å². The lowest BCUT2D eigenvalue weighted by Gasteiger charge is -2.08. The molecular formula is C15H35N2O5P. The molecule has 8 heteroatoms. The van der Waals surface area contributed by atoms with Crippen molar-refractivity contribution < 1.29 is 24.3 Å². The van der Waals surface area contributed by atoms with Gasteiger partial charge in [-0.05, 0) is 27.1 Å². The van der Waals surface area contributed by atoms with Gasteiger partial charge in [-0.3, -0.25) is 14.7 Å². The van der Waals surface area contributed by atoms with Crippen LogP contribution in [0.1, 0.15) is 58.3 Å². The molecule has 0 aliphatic heterocycles. The Morgan fingerprint density at radius 3 is 1.87 bits per heavy atom. The number of nitrogens with one attached hydrogen (secondary N) is 1. The van der Waals surface area contributed by atoms with Gasteiger partial charge in [0.2, 0.25) is 0 Å². The van der Waals surface area contributed by atoms with Crippen molar-refractivity contribution in [3.8, 4) is 0 Å². The number of carboxylic acid groups (broad SMARTS) is 1. The molecule has 0 saturated carbocycles. The Hall–Kier alpha value is -0.460. The zero-order valence-electron chi connectivity index (χ0n) is 14.8. The van der Waals surface area contributed by atoms with Crippen LogP contribution in [0.25, 0.3) is 0 Å². The topological polar surface area (TPSA) is 110 Å². The zero-order valence-corrected chi connectivity index (χ0v) is 15.7. The van der Waals surface area contributed by atoms with Gasteiger partial charge in [-0.15, -0.1) is 0 Å². The van der Waals surface area contributed by atoms with Gasteiger partial charge in [-0.25, -0.2) is 0 Å². The molecule has 0 bridgehead atoms. The van der Waals surface area contributed by atoms with Crippen molar-refractivity contribution in [3.63, 3.8) is 0 Å². The summed E-state index contributed by atoms with van der Waals surface area (Å²) in [5.41, 5.74) is 0. The highest BCUT2D eigenvalue weighted by atomic mass is 31.2. The number of aliphatic carboxylic acids is 1. The van der Waals surface area contributed by atoms with Gasteiger partial charge in [0.25, 0.3) is 0 Å². The molecule has 0 saturated heterocycles. The van der Waals surface area contributed by atoms with Gasteiger partial charge in [-0.1, -0.05) is 51.9 Å². The van der Waals surface area contributed by atoms with E-state index in [9.17, 15) is 9.36 Å². The summed E-state index contributed by atoms with van der Waals surface area (Å²) in [6.45, 7) is 3.09. The Morgan fingerprint density at radius 2 is 1.48 bits per heavy atom. The van der Waals surface area contributed by atoms with Gasteiger partial charge < -0.3 is 19.8 Å². The first kappa shape index (κ1) is 24.8. The Labute approximate surface area is 140 Å². The van der Waals surface area contributed by atoms with Gasteiger partial charge in [-0.2, -0.15) is 0 Å². The molecule has 0 aliphatic rings. The second-order valence-corrected chi connectivity index (χ2v) is 7.57. The average molecular weight is 354 g/mol. The number of nitrogens with zero attached hydrogens (tertiary/aromatic N) is 1. The quantitative estimate of drug-likeness (QED) is 0.297. The largest absolute Gasteiger partial charge is 0.480 e. The van der Waals surface area contributed by atoms with Gasteiger partial charge in [0, 0.05) is 0 Å². The minimum atomic E-state index is -4.10. The third kappa shape index (κ3) is 30.1. The standard InChI is InChI=1S/C12H27N.C3H8NO5P/c1-4-5-6-7-8-9-10-11-12-13(2)3;5-3(6)1-4-2-10(7,8)9/h4-12H2,1-3H3;4H,1-2H2,(H,5,6)(H2,7,8,9). The minimum absolute atomic E-state index is 0.439. The van der Waals surface area contributed by atoms with Crippen molar-refractivity contribution in [3.05, 3.63) is 0 Å². The fourth-order valence-electron chi connectivity index (χ4n) is 1.87. The van der Waals surface area contributed by atoms with Crippen LogP contribution in [0.5, 0.6) is 0 Å². The van der Waals surface area contributed by atoms with Crippen LogP contribution < -0.4 is 5.32 Å². The summed E-state index contributed by atoms with van der Waals surface area (Å²) in [6, 6.07) is 0. The Balaban J connectivity index is 0. The lowest BCUT2D eigenvalue weighted by molar-refractivity contribution is -0.135. The van der Waals surface area contributed by atoms with Crippen LogP contribution in [-0.2, 0) is 9.36 Å². The van der Waals surface area contributed by atoms with Gasteiger partial charge >= 0.3 is 13.6 Å². The van der Waals surface area contributed by atoms with E-state index in [1.165, 1.54) is 57.9 Å². The van der Waals surface area contributed by atoms with Crippen molar-refractivity contribution in [2.45, 2.75) is 58.3 Å². The molecule has 140 valence electrons. The molecule has 0 heterocycles. The summed E-state index contributed by atoms with van der Waals surface area (Å²) in [4.78, 5) is 28.4. The first-order valence-electron chi connectivity index (χ1n) is 8.30.